The lowest BCUT2D eigenvalue weighted by molar-refractivity contribution is -0.129. The minimum atomic E-state index is -0.0523. The molecule has 0 aromatic carbocycles. The van der Waals surface area contributed by atoms with Crippen molar-refractivity contribution in [3.63, 3.8) is 0 Å². The van der Waals surface area contributed by atoms with Gasteiger partial charge in [0.1, 0.15) is 0 Å². The Bertz CT molecular complexity index is 589. The first kappa shape index (κ1) is 16.6. The summed E-state index contributed by atoms with van der Waals surface area (Å²) in [5, 5.41) is 8.34. The molecule has 0 spiro atoms. The number of amides is 2. The normalized spacial score (nSPS) is 19.5. The maximum Gasteiger partial charge on any atom is 0.274 e. The lowest BCUT2D eigenvalue weighted by atomic mass is 10.2. The molecule has 8 nitrogen and oxygen atoms in total. The van der Waals surface area contributed by atoms with Gasteiger partial charge in [-0.1, -0.05) is 0 Å². The molecule has 8 heteroatoms. The molecule has 0 N–H and O–H groups in total. The van der Waals surface area contributed by atoms with E-state index in [4.69, 9.17) is 0 Å². The molecule has 2 amide bonds. The predicted octanol–water partition coefficient (Wildman–Crippen LogP) is -0.467. The van der Waals surface area contributed by atoms with E-state index in [9.17, 15) is 9.59 Å². The Hall–Kier alpha value is -2.22. The number of piperazine rings is 2. The lowest BCUT2D eigenvalue weighted by Crippen LogP contribution is -2.48. The Morgan fingerprint density at radius 1 is 0.875 bits per heavy atom. The van der Waals surface area contributed by atoms with E-state index in [-0.39, 0.29) is 11.8 Å². The standard InChI is InChI=1S/C16H24N6O2/c1-13(23)20-9-11-21(12-10-20)15-4-3-14(17-18-15)16(24)22-7-5-19(2)6-8-22/h3-4H,5-12H2,1-2H3. The van der Waals surface area contributed by atoms with Crippen LogP contribution in [0.5, 0.6) is 0 Å². The van der Waals surface area contributed by atoms with E-state index in [1.54, 1.807) is 13.0 Å². The number of aromatic nitrogens is 2. The molecule has 24 heavy (non-hydrogen) atoms. The quantitative estimate of drug-likeness (QED) is 0.729. The van der Waals surface area contributed by atoms with Crippen molar-refractivity contribution >= 4 is 17.6 Å². The predicted molar refractivity (Wildman–Crippen MR) is 89.9 cm³/mol. The third-order valence-corrected chi connectivity index (χ3v) is 4.71. The molecule has 0 radical (unpaired) electrons. The van der Waals surface area contributed by atoms with Crippen LogP contribution in [0.25, 0.3) is 0 Å². The molecule has 2 aliphatic rings. The topological polar surface area (TPSA) is 72.9 Å². The molecule has 3 heterocycles. The number of rotatable bonds is 2. The third kappa shape index (κ3) is 3.64. The fourth-order valence-corrected chi connectivity index (χ4v) is 3.03. The molecule has 0 bridgehead atoms. The summed E-state index contributed by atoms with van der Waals surface area (Å²) in [5.74, 6) is 0.811. The molecule has 130 valence electrons. The second-order valence-electron chi connectivity index (χ2n) is 6.37. The minimum Gasteiger partial charge on any atom is -0.352 e. The zero-order chi connectivity index (χ0) is 17.1. The molecular weight excluding hydrogens is 308 g/mol. The van der Waals surface area contributed by atoms with E-state index >= 15 is 0 Å². The zero-order valence-electron chi connectivity index (χ0n) is 14.3. The summed E-state index contributed by atoms with van der Waals surface area (Å²) in [6, 6.07) is 3.60. The molecular formula is C16H24N6O2. The Morgan fingerprint density at radius 2 is 1.50 bits per heavy atom. The van der Waals surface area contributed by atoms with Gasteiger partial charge < -0.3 is 19.6 Å². The summed E-state index contributed by atoms with van der Waals surface area (Å²) in [4.78, 5) is 31.8. The van der Waals surface area contributed by atoms with Gasteiger partial charge in [0, 0.05) is 59.3 Å². The molecule has 0 saturated carbocycles. The second kappa shape index (κ2) is 7.12. The minimum absolute atomic E-state index is 0.0523. The van der Waals surface area contributed by atoms with Gasteiger partial charge in [0.05, 0.1) is 0 Å². The Labute approximate surface area is 142 Å². The van der Waals surface area contributed by atoms with E-state index in [1.807, 2.05) is 15.9 Å². The van der Waals surface area contributed by atoms with Gasteiger partial charge in [-0.25, -0.2) is 0 Å². The van der Waals surface area contributed by atoms with E-state index in [0.29, 0.717) is 18.8 Å². The van der Waals surface area contributed by atoms with Crippen LogP contribution in [0.2, 0.25) is 0 Å². The fraction of sp³-hybridized carbons (Fsp3) is 0.625. The molecule has 2 fully saturated rings. The fourth-order valence-electron chi connectivity index (χ4n) is 3.03. The van der Waals surface area contributed by atoms with Crippen LogP contribution in [0.4, 0.5) is 5.82 Å². The van der Waals surface area contributed by atoms with E-state index in [2.05, 4.69) is 27.0 Å². The van der Waals surface area contributed by atoms with Crippen molar-refractivity contribution in [2.75, 3.05) is 64.3 Å². The van der Waals surface area contributed by atoms with Gasteiger partial charge in [0.15, 0.2) is 11.5 Å². The van der Waals surface area contributed by atoms with Gasteiger partial charge in [0.2, 0.25) is 5.91 Å². The maximum atomic E-state index is 12.5. The van der Waals surface area contributed by atoms with E-state index < -0.39 is 0 Å². The van der Waals surface area contributed by atoms with Crippen LogP contribution in [0.15, 0.2) is 12.1 Å². The number of nitrogens with zero attached hydrogens (tertiary/aromatic N) is 6. The van der Waals surface area contributed by atoms with Crippen molar-refractivity contribution in [2.24, 2.45) is 0 Å². The van der Waals surface area contributed by atoms with Gasteiger partial charge in [-0.15, -0.1) is 10.2 Å². The molecule has 0 aliphatic carbocycles. The van der Waals surface area contributed by atoms with E-state index in [1.165, 1.54) is 0 Å². The summed E-state index contributed by atoms with van der Waals surface area (Å²) in [6.07, 6.45) is 0. The van der Waals surface area contributed by atoms with Crippen LogP contribution in [-0.4, -0.2) is 96.1 Å². The van der Waals surface area contributed by atoms with Crippen LogP contribution in [-0.2, 0) is 4.79 Å². The van der Waals surface area contributed by atoms with Crippen LogP contribution in [0.1, 0.15) is 17.4 Å². The van der Waals surface area contributed by atoms with Crippen LogP contribution < -0.4 is 4.90 Å². The lowest BCUT2D eigenvalue weighted by Gasteiger charge is -2.34. The summed E-state index contributed by atoms with van der Waals surface area (Å²) in [5.41, 5.74) is 0.394. The maximum absolute atomic E-state index is 12.5. The average Bonchev–Trinajstić information content (AvgIpc) is 2.62. The molecule has 0 atom stereocenters. The molecule has 3 rings (SSSR count). The zero-order valence-corrected chi connectivity index (χ0v) is 14.3. The number of hydrogen-bond donors (Lipinski definition) is 0. The summed E-state index contributed by atoms with van der Waals surface area (Å²) in [7, 11) is 2.06. The van der Waals surface area contributed by atoms with Crippen molar-refractivity contribution in [1.82, 2.24) is 24.9 Å². The second-order valence-corrected chi connectivity index (χ2v) is 6.37. The van der Waals surface area contributed by atoms with Gasteiger partial charge in [-0.3, -0.25) is 9.59 Å². The highest BCUT2D eigenvalue weighted by Crippen LogP contribution is 2.14. The van der Waals surface area contributed by atoms with Crippen molar-refractivity contribution < 1.29 is 9.59 Å². The van der Waals surface area contributed by atoms with Crippen molar-refractivity contribution in [2.45, 2.75) is 6.92 Å². The SMILES string of the molecule is CC(=O)N1CCN(c2ccc(C(=O)N3CCN(C)CC3)nn2)CC1. The molecule has 2 saturated heterocycles. The monoisotopic (exact) mass is 332 g/mol. The van der Waals surface area contributed by atoms with Crippen LogP contribution >= 0.6 is 0 Å². The number of likely N-dealkylation sites (N-methyl/N-ethyl adjacent to an activating group) is 1. The highest BCUT2D eigenvalue weighted by molar-refractivity contribution is 5.92. The van der Waals surface area contributed by atoms with Gasteiger partial charge in [0.25, 0.3) is 5.91 Å². The highest BCUT2D eigenvalue weighted by Gasteiger charge is 2.23. The van der Waals surface area contributed by atoms with Gasteiger partial charge >= 0.3 is 0 Å². The first-order valence-electron chi connectivity index (χ1n) is 8.36. The van der Waals surface area contributed by atoms with Crippen LogP contribution in [0, 0.1) is 0 Å². The third-order valence-electron chi connectivity index (χ3n) is 4.71. The smallest absolute Gasteiger partial charge is 0.274 e. The summed E-state index contributed by atoms with van der Waals surface area (Å²) in [6.45, 7) is 7.68. The number of hydrogen-bond acceptors (Lipinski definition) is 6. The van der Waals surface area contributed by atoms with E-state index in [0.717, 1.165) is 45.1 Å². The van der Waals surface area contributed by atoms with Gasteiger partial charge in [-0.2, -0.15) is 0 Å². The highest BCUT2D eigenvalue weighted by atomic mass is 16.2. The summed E-state index contributed by atoms with van der Waals surface area (Å²) < 4.78 is 0. The van der Waals surface area contributed by atoms with Gasteiger partial charge in [-0.05, 0) is 19.2 Å². The largest absolute Gasteiger partial charge is 0.352 e. The first-order valence-corrected chi connectivity index (χ1v) is 8.36. The van der Waals surface area contributed by atoms with Crippen molar-refractivity contribution in [1.29, 1.82) is 0 Å². The summed E-state index contributed by atoms with van der Waals surface area (Å²) >= 11 is 0. The Morgan fingerprint density at radius 3 is 2.04 bits per heavy atom. The first-order chi connectivity index (χ1) is 11.5. The number of anilines is 1. The molecule has 0 unspecified atom stereocenters. The van der Waals surface area contributed by atoms with Crippen molar-refractivity contribution in [3.8, 4) is 0 Å². The average molecular weight is 332 g/mol. The number of carbonyl (C=O) groups is 2. The molecule has 1 aromatic rings. The van der Waals surface area contributed by atoms with Crippen molar-refractivity contribution in [3.05, 3.63) is 17.8 Å². The molecule has 1 aromatic heterocycles. The number of carbonyl (C=O) groups excluding carboxylic acids is 2. The Kier molecular flexibility index (Phi) is 4.94. The Balaban J connectivity index is 1.59. The van der Waals surface area contributed by atoms with Crippen LogP contribution in [0.3, 0.4) is 0 Å². The molecule has 2 aliphatic heterocycles.